The predicted molar refractivity (Wildman–Crippen MR) is 67.3 cm³/mol. The number of halogens is 1. The van der Waals surface area contributed by atoms with Crippen molar-refractivity contribution in [1.82, 2.24) is 9.97 Å². The first kappa shape index (κ1) is 11.2. The van der Waals surface area contributed by atoms with Crippen molar-refractivity contribution in [2.45, 2.75) is 6.10 Å². The number of hydrogen-bond donors (Lipinski definition) is 1. The molecule has 0 fully saturated rings. The summed E-state index contributed by atoms with van der Waals surface area (Å²) in [6.07, 6.45) is 2.06. The van der Waals surface area contributed by atoms with Gasteiger partial charge in [-0.1, -0.05) is 11.6 Å². The third-order valence-corrected chi connectivity index (χ3v) is 2.89. The molecule has 0 aliphatic carbocycles. The van der Waals surface area contributed by atoms with Crippen LogP contribution < -0.4 is 0 Å². The summed E-state index contributed by atoms with van der Waals surface area (Å²) in [5.41, 5.74) is 1.18. The molecule has 0 radical (unpaired) electrons. The zero-order chi connectivity index (χ0) is 12.5. The molecule has 1 N–H and O–H groups in total. The van der Waals surface area contributed by atoms with Crippen LogP contribution in [0.2, 0.25) is 5.02 Å². The molecule has 0 amide bonds. The number of furan rings is 1. The Hall–Kier alpha value is -1.91. The fourth-order valence-corrected chi connectivity index (χ4v) is 1.96. The second-order valence-electron chi connectivity index (χ2n) is 3.87. The number of hydrogen-bond acceptors (Lipinski definition) is 4. The number of rotatable bonds is 2. The summed E-state index contributed by atoms with van der Waals surface area (Å²) in [5, 5.41) is 11.6. The first-order valence-electron chi connectivity index (χ1n) is 5.37. The van der Waals surface area contributed by atoms with Crippen LogP contribution in [-0.2, 0) is 0 Å². The van der Waals surface area contributed by atoms with E-state index in [0.29, 0.717) is 22.1 Å². The molecule has 0 saturated carbocycles. The van der Waals surface area contributed by atoms with E-state index in [0.717, 1.165) is 5.39 Å². The zero-order valence-electron chi connectivity index (χ0n) is 9.25. The van der Waals surface area contributed by atoms with Crippen molar-refractivity contribution >= 4 is 22.6 Å². The Morgan fingerprint density at radius 2 is 2.11 bits per heavy atom. The Kier molecular flexibility index (Phi) is 2.74. The quantitative estimate of drug-likeness (QED) is 0.770. The summed E-state index contributed by atoms with van der Waals surface area (Å²) >= 11 is 5.90. The second-order valence-corrected chi connectivity index (χ2v) is 4.30. The smallest absolute Gasteiger partial charge is 0.154 e. The van der Waals surface area contributed by atoms with Crippen molar-refractivity contribution in [3.05, 3.63) is 59.3 Å². The Balaban J connectivity index is 2.04. The van der Waals surface area contributed by atoms with E-state index in [1.54, 1.807) is 36.5 Å². The third kappa shape index (κ3) is 1.96. The third-order valence-electron chi connectivity index (χ3n) is 2.65. The van der Waals surface area contributed by atoms with E-state index in [9.17, 15) is 5.11 Å². The van der Waals surface area contributed by atoms with Crippen LogP contribution in [0.15, 0.2) is 47.3 Å². The lowest BCUT2D eigenvalue weighted by molar-refractivity contribution is 0.187. The van der Waals surface area contributed by atoms with E-state index in [1.807, 2.05) is 0 Å². The minimum Gasteiger partial charge on any atom is -0.458 e. The highest BCUT2D eigenvalue weighted by Gasteiger charge is 2.16. The van der Waals surface area contributed by atoms with E-state index in [-0.39, 0.29) is 0 Å². The molecule has 2 heterocycles. The molecule has 4 nitrogen and oxygen atoms in total. The molecule has 2 aromatic heterocycles. The number of nitrogens with zero attached hydrogens (tertiary/aromatic N) is 2. The van der Waals surface area contributed by atoms with Crippen LogP contribution in [0.1, 0.15) is 17.6 Å². The van der Waals surface area contributed by atoms with Crippen molar-refractivity contribution in [2.75, 3.05) is 0 Å². The minimum absolute atomic E-state index is 0.436. The number of aromatic nitrogens is 2. The first-order chi connectivity index (χ1) is 8.74. The van der Waals surface area contributed by atoms with Crippen LogP contribution in [0.25, 0.3) is 11.0 Å². The molecule has 0 aliphatic rings. The molecule has 1 aromatic carbocycles. The van der Waals surface area contributed by atoms with Gasteiger partial charge in [-0.05, 0) is 30.3 Å². The monoisotopic (exact) mass is 260 g/mol. The lowest BCUT2D eigenvalue weighted by Crippen LogP contribution is -2.00. The maximum absolute atomic E-state index is 10.1. The summed E-state index contributed by atoms with van der Waals surface area (Å²) in [7, 11) is 0. The normalized spacial score (nSPS) is 12.8. The van der Waals surface area contributed by atoms with E-state index < -0.39 is 6.10 Å². The van der Waals surface area contributed by atoms with Crippen LogP contribution in [0.4, 0.5) is 0 Å². The highest BCUT2D eigenvalue weighted by molar-refractivity contribution is 6.31. The first-order valence-corrected chi connectivity index (χ1v) is 5.75. The van der Waals surface area contributed by atoms with Crippen LogP contribution in [0, 0.1) is 0 Å². The van der Waals surface area contributed by atoms with Gasteiger partial charge in [-0.2, -0.15) is 0 Å². The fraction of sp³-hybridized carbons (Fsp3) is 0.0769. The topological polar surface area (TPSA) is 59.2 Å². The lowest BCUT2D eigenvalue weighted by atomic mass is 10.2. The van der Waals surface area contributed by atoms with Crippen LogP contribution in [0.5, 0.6) is 0 Å². The standard InChI is InChI=1S/C13H9ClN2O2/c14-9-1-2-11-8(5-9)6-12(18-11)13(17)10-3-4-15-7-16-10/h1-7,13,17H. The van der Waals surface area contributed by atoms with Crippen molar-refractivity contribution < 1.29 is 9.52 Å². The molecule has 0 bridgehead atoms. The Labute approximate surface area is 108 Å². The van der Waals surface area contributed by atoms with Crippen LogP contribution >= 0.6 is 11.6 Å². The van der Waals surface area contributed by atoms with E-state index in [1.165, 1.54) is 6.33 Å². The zero-order valence-corrected chi connectivity index (χ0v) is 10.0. The Bertz CT molecular complexity index is 682. The minimum atomic E-state index is -0.904. The fourth-order valence-electron chi connectivity index (χ4n) is 1.78. The second kappa shape index (κ2) is 4.40. The van der Waals surface area contributed by atoms with Crippen molar-refractivity contribution in [3.8, 4) is 0 Å². The molecular formula is C13H9ClN2O2. The van der Waals surface area contributed by atoms with Gasteiger partial charge in [0, 0.05) is 16.6 Å². The SMILES string of the molecule is OC(c1ccncn1)c1cc2cc(Cl)ccc2o1. The molecular weight excluding hydrogens is 252 g/mol. The van der Waals surface area contributed by atoms with Crippen LogP contribution in [-0.4, -0.2) is 15.1 Å². The van der Waals surface area contributed by atoms with Gasteiger partial charge in [-0.25, -0.2) is 9.97 Å². The maximum Gasteiger partial charge on any atom is 0.154 e. The van der Waals surface area contributed by atoms with Gasteiger partial charge in [-0.15, -0.1) is 0 Å². The number of aliphatic hydroxyl groups is 1. The number of fused-ring (bicyclic) bond motifs is 1. The molecule has 0 aliphatic heterocycles. The molecule has 0 saturated heterocycles. The van der Waals surface area contributed by atoms with Gasteiger partial charge in [0.05, 0.1) is 5.69 Å². The van der Waals surface area contributed by atoms with Gasteiger partial charge in [0.15, 0.2) is 6.10 Å². The summed E-state index contributed by atoms with van der Waals surface area (Å²) in [6, 6.07) is 8.71. The summed E-state index contributed by atoms with van der Waals surface area (Å²) < 4.78 is 5.57. The van der Waals surface area contributed by atoms with E-state index in [2.05, 4.69) is 9.97 Å². The molecule has 18 heavy (non-hydrogen) atoms. The molecule has 0 spiro atoms. The van der Waals surface area contributed by atoms with E-state index in [4.69, 9.17) is 16.0 Å². The highest BCUT2D eigenvalue weighted by atomic mass is 35.5. The molecule has 5 heteroatoms. The van der Waals surface area contributed by atoms with Gasteiger partial charge in [-0.3, -0.25) is 0 Å². The molecule has 90 valence electrons. The van der Waals surface area contributed by atoms with E-state index >= 15 is 0 Å². The maximum atomic E-state index is 10.1. The molecule has 1 atom stereocenters. The average molecular weight is 261 g/mol. The predicted octanol–water partition coefficient (Wildman–Crippen LogP) is 2.96. The lowest BCUT2D eigenvalue weighted by Gasteiger charge is -2.05. The molecule has 3 rings (SSSR count). The summed E-state index contributed by atoms with van der Waals surface area (Å²) in [6.45, 7) is 0. The highest BCUT2D eigenvalue weighted by Crippen LogP contribution is 2.28. The van der Waals surface area contributed by atoms with Crippen molar-refractivity contribution in [3.63, 3.8) is 0 Å². The molecule has 3 aromatic rings. The number of aliphatic hydroxyl groups excluding tert-OH is 1. The summed E-state index contributed by atoms with van der Waals surface area (Å²) in [5.74, 6) is 0.436. The van der Waals surface area contributed by atoms with Gasteiger partial charge in [0.1, 0.15) is 17.7 Å². The van der Waals surface area contributed by atoms with Gasteiger partial charge in [0.25, 0.3) is 0 Å². The van der Waals surface area contributed by atoms with Gasteiger partial charge >= 0.3 is 0 Å². The molecule has 1 unspecified atom stereocenters. The van der Waals surface area contributed by atoms with Crippen molar-refractivity contribution in [1.29, 1.82) is 0 Å². The van der Waals surface area contributed by atoms with Gasteiger partial charge < -0.3 is 9.52 Å². The Morgan fingerprint density at radius 3 is 2.89 bits per heavy atom. The van der Waals surface area contributed by atoms with Crippen LogP contribution in [0.3, 0.4) is 0 Å². The average Bonchev–Trinajstić information content (AvgIpc) is 2.81. The van der Waals surface area contributed by atoms with Crippen molar-refractivity contribution in [2.24, 2.45) is 0 Å². The van der Waals surface area contributed by atoms with Gasteiger partial charge in [0.2, 0.25) is 0 Å². The Morgan fingerprint density at radius 1 is 1.22 bits per heavy atom. The summed E-state index contributed by atoms with van der Waals surface area (Å²) in [4.78, 5) is 7.80. The largest absolute Gasteiger partial charge is 0.458 e. The number of benzene rings is 1.